The van der Waals surface area contributed by atoms with Crippen molar-refractivity contribution < 1.29 is 14.3 Å². The predicted octanol–water partition coefficient (Wildman–Crippen LogP) is 2.64. The number of nitrogens with one attached hydrogen (secondary N) is 1. The average molecular weight is 301 g/mol. The summed E-state index contributed by atoms with van der Waals surface area (Å²) in [5.74, 6) is -0.0337. The molecule has 22 heavy (non-hydrogen) atoms. The van der Waals surface area contributed by atoms with Gasteiger partial charge in [-0.3, -0.25) is 4.79 Å². The molecule has 3 rings (SSSR count). The SMILES string of the molecule is C[C@@H](NC(=O)COC(=O)c1ccc2c(c1)CCCC2)C1CC1. The molecule has 4 heteroatoms. The molecule has 4 nitrogen and oxygen atoms in total. The standard InChI is InChI=1S/C18H23NO3/c1-12(13-6-7-13)19-17(20)11-22-18(21)16-9-8-14-4-2-3-5-15(14)10-16/h8-10,12-13H,2-7,11H2,1H3,(H,19,20)/t12-/m1/s1. The van der Waals surface area contributed by atoms with Crippen LogP contribution in [0.5, 0.6) is 0 Å². The van der Waals surface area contributed by atoms with Gasteiger partial charge in [-0.25, -0.2) is 4.79 Å². The second-order valence-electron chi connectivity index (χ2n) is 6.46. The molecule has 0 radical (unpaired) electrons. The highest BCUT2D eigenvalue weighted by atomic mass is 16.5. The van der Waals surface area contributed by atoms with Crippen LogP contribution in [0.15, 0.2) is 18.2 Å². The van der Waals surface area contributed by atoms with E-state index < -0.39 is 5.97 Å². The second kappa shape index (κ2) is 6.51. The molecule has 0 aromatic heterocycles. The molecule has 0 unspecified atom stereocenters. The van der Waals surface area contributed by atoms with Crippen molar-refractivity contribution in [1.29, 1.82) is 0 Å². The number of benzene rings is 1. The minimum atomic E-state index is -0.414. The quantitative estimate of drug-likeness (QED) is 0.851. The van der Waals surface area contributed by atoms with Crippen LogP contribution in [0.3, 0.4) is 0 Å². The first-order valence-corrected chi connectivity index (χ1v) is 8.22. The van der Waals surface area contributed by atoms with Crippen molar-refractivity contribution in [3.05, 3.63) is 34.9 Å². The number of rotatable bonds is 5. The van der Waals surface area contributed by atoms with Crippen LogP contribution in [0.4, 0.5) is 0 Å². The van der Waals surface area contributed by atoms with E-state index in [4.69, 9.17) is 4.74 Å². The molecule has 2 aliphatic rings. The van der Waals surface area contributed by atoms with E-state index >= 15 is 0 Å². The highest BCUT2D eigenvalue weighted by molar-refractivity contribution is 5.91. The summed E-state index contributed by atoms with van der Waals surface area (Å²) in [6.07, 6.45) is 6.86. The number of hydrogen-bond donors (Lipinski definition) is 1. The van der Waals surface area contributed by atoms with Gasteiger partial charge in [0, 0.05) is 6.04 Å². The lowest BCUT2D eigenvalue weighted by atomic mass is 9.90. The zero-order valence-corrected chi connectivity index (χ0v) is 13.1. The maximum Gasteiger partial charge on any atom is 0.338 e. The van der Waals surface area contributed by atoms with Crippen molar-refractivity contribution in [3.8, 4) is 0 Å². The van der Waals surface area contributed by atoms with Gasteiger partial charge in [-0.1, -0.05) is 6.07 Å². The predicted molar refractivity (Wildman–Crippen MR) is 83.7 cm³/mol. The van der Waals surface area contributed by atoms with E-state index in [1.54, 1.807) is 6.07 Å². The van der Waals surface area contributed by atoms with Gasteiger partial charge in [0.15, 0.2) is 6.61 Å². The van der Waals surface area contributed by atoms with E-state index in [2.05, 4.69) is 5.32 Å². The molecule has 1 atom stereocenters. The van der Waals surface area contributed by atoms with Gasteiger partial charge in [0.05, 0.1) is 5.56 Å². The molecule has 1 amide bonds. The van der Waals surface area contributed by atoms with Crippen molar-refractivity contribution in [2.75, 3.05) is 6.61 Å². The van der Waals surface area contributed by atoms with Crippen molar-refractivity contribution in [2.24, 2.45) is 5.92 Å². The molecular weight excluding hydrogens is 278 g/mol. The van der Waals surface area contributed by atoms with Gasteiger partial charge in [0.1, 0.15) is 0 Å². The van der Waals surface area contributed by atoms with Crippen molar-refractivity contribution in [1.82, 2.24) is 5.32 Å². The highest BCUT2D eigenvalue weighted by Crippen LogP contribution is 2.32. The fourth-order valence-electron chi connectivity index (χ4n) is 3.08. The molecule has 1 N–H and O–H groups in total. The Morgan fingerprint density at radius 1 is 1.23 bits per heavy atom. The first kappa shape index (κ1) is 15.1. The summed E-state index contributed by atoms with van der Waals surface area (Å²) >= 11 is 0. The van der Waals surface area contributed by atoms with Crippen LogP contribution >= 0.6 is 0 Å². The summed E-state index contributed by atoms with van der Waals surface area (Å²) in [7, 11) is 0. The Morgan fingerprint density at radius 3 is 2.68 bits per heavy atom. The third-order valence-electron chi connectivity index (χ3n) is 4.64. The second-order valence-corrected chi connectivity index (χ2v) is 6.46. The zero-order chi connectivity index (χ0) is 15.5. The van der Waals surface area contributed by atoms with Crippen LogP contribution in [0.2, 0.25) is 0 Å². The van der Waals surface area contributed by atoms with E-state index in [1.165, 1.54) is 36.8 Å². The van der Waals surface area contributed by atoms with Crippen molar-refractivity contribution in [3.63, 3.8) is 0 Å². The monoisotopic (exact) mass is 301 g/mol. The summed E-state index contributed by atoms with van der Waals surface area (Å²) in [5.41, 5.74) is 3.12. The summed E-state index contributed by atoms with van der Waals surface area (Å²) in [6.45, 7) is 1.80. The maximum atomic E-state index is 12.1. The Hall–Kier alpha value is -1.84. The van der Waals surface area contributed by atoms with Crippen LogP contribution in [0.1, 0.15) is 54.1 Å². The Bertz CT molecular complexity index is 578. The molecule has 0 heterocycles. The molecule has 0 saturated heterocycles. The molecule has 1 fully saturated rings. The lowest BCUT2D eigenvalue weighted by molar-refractivity contribution is -0.124. The number of aryl methyl sites for hydroxylation is 2. The molecule has 1 saturated carbocycles. The van der Waals surface area contributed by atoms with Crippen molar-refractivity contribution in [2.45, 2.75) is 51.5 Å². The number of ether oxygens (including phenoxy) is 1. The van der Waals surface area contributed by atoms with E-state index in [1.807, 2.05) is 19.1 Å². The maximum absolute atomic E-state index is 12.1. The lowest BCUT2D eigenvalue weighted by Gasteiger charge is -2.16. The van der Waals surface area contributed by atoms with Gasteiger partial charge >= 0.3 is 5.97 Å². The van der Waals surface area contributed by atoms with Gasteiger partial charge in [-0.05, 0) is 74.6 Å². The Kier molecular flexibility index (Phi) is 4.46. The van der Waals surface area contributed by atoms with E-state index in [0.717, 1.165) is 12.8 Å². The lowest BCUT2D eigenvalue weighted by Crippen LogP contribution is -2.37. The van der Waals surface area contributed by atoms with E-state index in [9.17, 15) is 9.59 Å². The van der Waals surface area contributed by atoms with Gasteiger partial charge in [-0.15, -0.1) is 0 Å². The first-order chi connectivity index (χ1) is 10.6. The van der Waals surface area contributed by atoms with Crippen LogP contribution < -0.4 is 5.32 Å². The topological polar surface area (TPSA) is 55.4 Å². The van der Waals surface area contributed by atoms with Crippen LogP contribution in [0, 0.1) is 5.92 Å². The third-order valence-corrected chi connectivity index (χ3v) is 4.64. The number of carbonyl (C=O) groups excluding carboxylic acids is 2. The summed E-state index contributed by atoms with van der Waals surface area (Å²) in [4.78, 5) is 23.8. The van der Waals surface area contributed by atoms with E-state index in [-0.39, 0.29) is 18.6 Å². The zero-order valence-electron chi connectivity index (χ0n) is 13.1. The van der Waals surface area contributed by atoms with Crippen LogP contribution in [-0.2, 0) is 22.4 Å². The van der Waals surface area contributed by atoms with Crippen LogP contribution in [0.25, 0.3) is 0 Å². The number of amides is 1. The summed E-state index contributed by atoms with van der Waals surface area (Å²) in [5, 5.41) is 2.88. The number of fused-ring (bicyclic) bond motifs is 1. The van der Waals surface area contributed by atoms with Gasteiger partial charge < -0.3 is 10.1 Å². The van der Waals surface area contributed by atoms with Gasteiger partial charge in [0.25, 0.3) is 5.91 Å². The Labute approximate surface area is 131 Å². The Morgan fingerprint density at radius 2 is 1.95 bits per heavy atom. The molecule has 0 spiro atoms. The molecule has 0 aliphatic heterocycles. The first-order valence-electron chi connectivity index (χ1n) is 8.22. The van der Waals surface area contributed by atoms with Gasteiger partial charge in [0.2, 0.25) is 0 Å². The van der Waals surface area contributed by atoms with Crippen LogP contribution in [-0.4, -0.2) is 24.5 Å². The largest absolute Gasteiger partial charge is 0.452 e. The smallest absolute Gasteiger partial charge is 0.338 e. The molecular formula is C18H23NO3. The fraction of sp³-hybridized carbons (Fsp3) is 0.556. The highest BCUT2D eigenvalue weighted by Gasteiger charge is 2.29. The molecule has 1 aromatic carbocycles. The third kappa shape index (κ3) is 3.67. The minimum absolute atomic E-state index is 0.176. The number of esters is 1. The van der Waals surface area contributed by atoms with Gasteiger partial charge in [-0.2, -0.15) is 0 Å². The summed E-state index contributed by atoms with van der Waals surface area (Å²) < 4.78 is 5.13. The molecule has 118 valence electrons. The molecule has 1 aromatic rings. The normalized spacial score (nSPS) is 18.2. The van der Waals surface area contributed by atoms with E-state index in [0.29, 0.717) is 11.5 Å². The Balaban J connectivity index is 1.52. The summed E-state index contributed by atoms with van der Waals surface area (Å²) in [6, 6.07) is 5.91. The number of carbonyl (C=O) groups is 2. The fourth-order valence-corrected chi connectivity index (χ4v) is 3.08. The van der Waals surface area contributed by atoms with Crippen molar-refractivity contribution >= 4 is 11.9 Å². The minimum Gasteiger partial charge on any atom is -0.452 e. The number of hydrogen-bond acceptors (Lipinski definition) is 3. The molecule has 0 bridgehead atoms. The molecule has 2 aliphatic carbocycles. The average Bonchev–Trinajstić information content (AvgIpc) is 3.37.